The van der Waals surface area contributed by atoms with Gasteiger partial charge in [0, 0.05) is 0 Å². The fourth-order valence-corrected chi connectivity index (χ4v) is 3.97. The summed E-state index contributed by atoms with van der Waals surface area (Å²) < 4.78 is 7.85. The SMILES string of the molecule is CCOC(=O)n1c(=O)n(C(CCC(C)C)c2nc3cc(C#N)ccc3[nH]2)c2ccccc21. The molecule has 32 heavy (non-hydrogen) atoms. The van der Waals surface area contributed by atoms with Gasteiger partial charge in [-0.1, -0.05) is 26.0 Å². The van der Waals surface area contributed by atoms with Gasteiger partial charge in [-0.25, -0.2) is 14.6 Å². The van der Waals surface area contributed by atoms with Crippen LogP contribution in [0.3, 0.4) is 0 Å². The van der Waals surface area contributed by atoms with Gasteiger partial charge in [0.1, 0.15) is 5.82 Å². The molecule has 0 radical (unpaired) electrons. The highest BCUT2D eigenvalue weighted by molar-refractivity contribution is 5.87. The molecule has 0 aliphatic rings. The van der Waals surface area contributed by atoms with Gasteiger partial charge in [0.25, 0.3) is 0 Å². The molecule has 1 atom stereocenters. The van der Waals surface area contributed by atoms with Crippen molar-refractivity contribution in [2.45, 2.75) is 39.7 Å². The predicted octanol–water partition coefficient (Wildman–Crippen LogP) is 4.58. The van der Waals surface area contributed by atoms with Crippen molar-refractivity contribution in [2.24, 2.45) is 5.92 Å². The lowest BCUT2D eigenvalue weighted by Gasteiger charge is -2.18. The molecule has 0 bridgehead atoms. The molecule has 0 saturated heterocycles. The van der Waals surface area contributed by atoms with Crippen LogP contribution >= 0.6 is 0 Å². The van der Waals surface area contributed by atoms with Crippen molar-refractivity contribution >= 4 is 28.2 Å². The summed E-state index contributed by atoms with van der Waals surface area (Å²) in [6, 6.07) is 14.2. The highest BCUT2D eigenvalue weighted by Gasteiger charge is 2.27. The third kappa shape index (κ3) is 3.78. The highest BCUT2D eigenvalue weighted by Crippen LogP contribution is 2.28. The minimum absolute atomic E-state index is 0.173. The molecule has 0 spiro atoms. The molecule has 0 amide bonds. The van der Waals surface area contributed by atoms with E-state index < -0.39 is 17.8 Å². The number of hydrogen-bond donors (Lipinski definition) is 1. The molecule has 1 unspecified atom stereocenters. The number of H-pyrrole nitrogens is 1. The number of fused-ring (bicyclic) bond motifs is 2. The van der Waals surface area contributed by atoms with Gasteiger partial charge >= 0.3 is 11.8 Å². The van der Waals surface area contributed by atoms with Crippen LogP contribution in [0.15, 0.2) is 47.3 Å². The quantitative estimate of drug-likeness (QED) is 0.481. The van der Waals surface area contributed by atoms with Crippen LogP contribution in [0, 0.1) is 17.2 Å². The van der Waals surface area contributed by atoms with Crippen molar-refractivity contribution in [1.29, 1.82) is 5.26 Å². The number of nitrogens with zero attached hydrogens (tertiary/aromatic N) is 4. The average molecular weight is 431 g/mol. The standard InChI is InChI=1S/C24H25N5O3/c1-4-32-24(31)29-20-8-6-5-7-19(20)28(23(29)30)21(12-9-15(2)3)22-26-17-11-10-16(14-25)13-18(17)27-22/h5-8,10-11,13,15,21H,4,9,12H2,1-3H3,(H,26,27). The Morgan fingerprint density at radius 2 is 1.94 bits per heavy atom. The summed E-state index contributed by atoms with van der Waals surface area (Å²) in [6.07, 6.45) is 0.814. The summed E-state index contributed by atoms with van der Waals surface area (Å²) in [5.41, 5.74) is 2.64. The fraction of sp³-hybridized carbons (Fsp3) is 0.333. The molecule has 0 aliphatic carbocycles. The number of carbonyl (C=O) groups excluding carboxylic acids is 1. The number of carbonyl (C=O) groups is 1. The van der Waals surface area contributed by atoms with Gasteiger partial charge in [-0.3, -0.25) is 4.57 Å². The summed E-state index contributed by atoms with van der Waals surface area (Å²) in [7, 11) is 0. The Kier molecular flexibility index (Phi) is 5.82. The maximum Gasteiger partial charge on any atom is 0.422 e. The zero-order valence-electron chi connectivity index (χ0n) is 18.3. The molecular formula is C24H25N5O3. The van der Waals surface area contributed by atoms with Crippen molar-refractivity contribution < 1.29 is 9.53 Å². The van der Waals surface area contributed by atoms with Crippen LogP contribution in [0.25, 0.3) is 22.1 Å². The number of para-hydroxylation sites is 2. The van der Waals surface area contributed by atoms with E-state index in [2.05, 4.69) is 24.9 Å². The third-order valence-electron chi connectivity index (χ3n) is 5.51. The van der Waals surface area contributed by atoms with E-state index in [1.54, 1.807) is 35.8 Å². The topological polar surface area (TPSA) is 106 Å². The Hall–Kier alpha value is -3.86. The first-order valence-electron chi connectivity index (χ1n) is 10.7. The minimum atomic E-state index is -0.696. The van der Waals surface area contributed by atoms with E-state index in [9.17, 15) is 14.9 Å². The second-order valence-electron chi connectivity index (χ2n) is 8.13. The third-order valence-corrected chi connectivity index (χ3v) is 5.51. The molecule has 4 aromatic rings. The number of imidazole rings is 2. The van der Waals surface area contributed by atoms with Gasteiger partial charge in [-0.2, -0.15) is 9.83 Å². The molecule has 8 nitrogen and oxygen atoms in total. The first kappa shape index (κ1) is 21.4. The van der Waals surface area contributed by atoms with Crippen LogP contribution in [0.4, 0.5) is 4.79 Å². The monoisotopic (exact) mass is 431 g/mol. The zero-order valence-corrected chi connectivity index (χ0v) is 18.3. The summed E-state index contributed by atoms with van der Waals surface area (Å²) in [5, 5.41) is 9.21. The van der Waals surface area contributed by atoms with Gasteiger partial charge in [0.15, 0.2) is 0 Å². The molecule has 2 aromatic heterocycles. The summed E-state index contributed by atoms with van der Waals surface area (Å²) in [5.74, 6) is 1.03. The minimum Gasteiger partial charge on any atom is -0.449 e. The molecule has 1 N–H and O–H groups in total. The van der Waals surface area contributed by atoms with Crippen molar-refractivity contribution in [1.82, 2.24) is 19.1 Å². The lowest BCUT2D eigenvalue weighted by atomic mass is 10.0. The molecule has 2 heterocycles. The Balaban J connectivity index is 1.93. The molecule has 2 aromatic carbocycles. The molecule has 4 rings (SSSR count). The van der Waals surface area contributed by atoms with E-state index in [1.807, 2.05) is 18.2 Å². The van der Waals surface area contributed by atoms with E-state index in [1.165, 1.54) is 0 Å². The number of rotatable bonds is 6. The van der Waals surface area contributed by atoms with Crippen LogP contribution in [-0.2, 0) is 4.74 Å². The molecule has 0 saturated carbocycles. The number of benzene rings is 2. The number of nitrogens with one attached hydrogen (secondary N) is 1. The van der Waals surface area contributed by atoms with Gasteiger partial charge in [-0.15, -0.1) is 0 Å². The molecule has 0 fully saturated rings. The maximum atomic E-state index is 13.5. The van der Waals surface area contributed by atoms with Crippen molar-refractivity contribution in [3.05, 3.63) is 64.3 Å². The highest BCUT2D eigenvalue weighted by atomic mass is 16.5. The maximum absolute atomic E-state index is 13.5. The summed E-state index contributed by atoms with van der Waals surface area (Å²) >= 11 is 0. The normalized spacial score (nSPS) is 12.3. The average Bonchev–Trinajstić information content (AvgIpc) is 3.32. The number of aromatic amines is 1. The van der Waals surface area contributed by atoms with Crippen LogP contribution in [0.5, 0.6) is 0 Å². The van der Waals surface area contributed by atoms with Crippen molar-refractivity contribution in [2.75, 3.05) is 6.61 Å². The van der Waals surface area contributed by atoms with Crippen LogP contribution < -0.4 is 5.69 Å². The van der Waals surface area contributed by atoms with E-state index >= 15 is 0 Å². The Labute approximate surface area is 185 Å². The Morgan fingerprint density at radius 1 is 1.19 bits per heavy atom. The second-order valence-corrected chi connectivity index (χ2v) is 8.13. The van der Waals surface area contributed by atoms with Gasteiger partial charge < -0.3 is 9.72 Å². The van der Waals surface area contributed by atoms with E-state index in [-0.39, 0.29) is 6.61 Å². The first-order chi connectivity index (χ1) is 15.4. The molecule has 164 valence electrons. The predicted molar refractivity (Wildman–Crippen MR) is 122 cm³/mol. The molecule has 0 aliphatic heterocycles. The Bertz CT molecular complexity index is 1390. The van der Waals surface area contributed by atoms with Crippen molar-refractivity contribution in [3.8, 4) is 6.07 Å². The summed E-state index contributed by atoms with van der Waals surface area (Å²) in [6.45, 7) is 6.13. The molecular weight excluding hydrogens is 406 g/mol. The summed E-state index contributed by atoms with van der Waals surface area (Å²) in [4.78, 5) is 34.2. The number of aromatic nitrogens is 4. The second kappa shape index (κ2) is 8.71. The van der Waals surface area contributed by atoms with E-state index in [0.29, 0.717) is 40.3 Å². The lowest BCUT2D eigenvalue weighted by molar-refractivity contribution is 0.153. The number of ether oxygens (including phenoxy) is 1. The van der Waals surface area contributed by atoms with E-state index in [0.717, 1.165) is 16.5 Å². The smallest absolute Gasteiger partial charge is 0.422 e. The van der Waals surface area contributed by atoms with Crippen molar-refractivity contribution in [3.63, 3.8) is 0 Å². The molecule has 8 heteroatoms. The fourth-order valence-electron chi connectivity index (χ4n) is 3.97. The largest absolute Gasteiger partial charge is 0.449 e. The zero-order chi connectivity index (χ0) is 22.8. The van der Waals surface area contributed by atoms with Crippen LogP contribution in [0.2, 0.25) is 0 Å². The van der Waals surface area contributed by atoms with Gasteiger partial charge in [0.05, 0.1) is 46.3 Å². The van der Waals surface area contributed by atoms with Gasteiger partial charge in [-0.05, 0) is 56.0 Å². The van der Waals surface area contributed by atoms with E-state index in [4.69, 9.17) is 9.72 Å². The number of nitriles is 1. The first-order valence-corrected chi connectivity index (χ1v) is 10.7. The lowest BCUT2D eigenvalue weighted by Crippen LogP contribution is -2.32. The Morgan fingerprint density at radius 3 is 2.62 bits per heavy atom. The number of hydrogen-bond acceptors (Lipinski definition) is 5. The van der Waals surface area contributed by atoms with Gasteiger partial charge in [0.2, 0.25) is 0 Å². The van der Waals surface area contributed by atoms with Crippen LogP contribution in [0.1, 0.15) is 51.0 Å². The van der Waals surface area contributed by atoms with Crippen LogP contribution in [-0.4, -0.2) is 31.8 Å².